The fourth-order valence-corrected chi connectivity index (χ4v) is 4.91. The highest BCUT2D eigenvalue weighted by Gasteiger charge is 2.25. The van der Waals surface area contributed by atoms with Gasteiger partial charge in [0.05, 0.1) is 11.4 Å². The quantitative estimate of drug-likeness (QED) is 0.826. The fraction of sp³-hybridized carbons (Fsp3) is 0.450. The van der Waals surface area contributed by atoms with Crippen LogP contribution in [0, 0.1) is 13.8 Å². The third-order valence-electron chi connectivity index (χ3n) is 5.00. The van der Waals surface area contributed by atoms with Crippen LogP contribution in [-0.4, -0.2) is 30.4 Å². The van der Waals surface area contributed by atoms with Gasteiger partial charge in [-0.2, -0.15) is 4.31 Å². The third kappa shape index (κ3) is 4.07. The van der Waals surface area contributed by atoms with Crippen LogP contribution in [0.3, 0.4) is 0 Å². The molecule has 1 aromatic carbocycles. The Kier molecular flexibility index (Phi) is 5.63. The predicted molar refractivity (Wildman–Crippen MR) is 103 cm³/mol. The molecule has 26 heavy (non-hydrogen) atoms. The molecule has 1 fully saturated rings. The molecule has 0 atom stereocenters. The number of aryl methyl sites for hydroxylation is 2. The van der Waals surface area contributed by atoms with Crippen LogP contribution in [0.15, 0.2) is 46.2 Å². The molecule has 1 saturated heterocycles. The van der Waals surface area contributed by atoms with Crippen LogP contribution in [0.5, 0.6) is 0 Å². The number of nitrogens with zero attached hydrogens (tertiary/aromatic N) is 2. The number of sulfonamides is 1. The van der Waals surface area contributed by atoms with Gasteiger partial charge in [0.1, 0.15) is 0 Å². The van der Waals surface area contributed by atoms with Gasteiger partial charge in [0, 0.05) is 25.4 Å². The lowest BCUT2D eigenvalue weighted by Crippen LogP contribution is -2.33. The van der Waals surface area contributed by atoms with E-state index in [2.05, 4.69) is 0 Å². The molecule has 0 bridgehead atoms. The molecular formula is C20H26N2O3S. The number of hydrogen-bond donors (Lipinski definition) is 0. The fourth-order valence-electron chi connectivity index (χ4n) is 3.37. The van der Waals surface area contributed by atoms with Crippen LogP contribution in [0.25, 0.3) is 0 Å². The Morgan fingerprint density at radius 3 is 2.35 bits per heavy atom. The first-order valence-electron chi connectivity index (χ1n) is 9.15. The summed E-state index contributed by atoms with van der Waals surface area (Å²) in [6.45, 7) is 5.48. The number of aromatic nitrogens is 1. The summed E-state index contributed by atoms with van der Waals surface area (Å²) in [5.41, 5.74) is 3.03. The maximum absolute atomic E-state index is 13.0. The van der Waals surface area contributed by atoms with Gasteiger partial charge in [-0.3, -0.25) is 4.79 Å². The van der Waals surface area contributed by atoms with Crippen molar-refractivity contribution in [1.29, 1.82) is 0 Å². The molecule has 1 aliphatic heterocycles. The van der Waals surface area contributed by atoms with Crippen LogP contribution in [0.2, 0.25) is 0 Å². The summed E-state index contributed by atoms with van der Waals surface area (Å²) < 4.78 is 29.0. The van der Waals surface area contributed by atoms with Gasteiger partial charge in [0.2, 0.25) is 10.0 Å². The van der Waals surface area contributed by atoms with Crippen LogP contribution >= 0.6 is 0 Å². The number of rotatable bonds is 4. The molecule has 2 aromatic rings. The van der Waals surface area contributed by atoms with E-state index in [1.54, 1.807) is 4.31 Å². The molecule has 2 heterocycles. The zero-order chi connectivity index (χ0) is 18.7. The Hall–Kier alpha value is -1.92. The molecule has 0 spiro atoms. The first-order chi connectivity index (χ1) is 12.4. The van der Waals surface area contributed by atoms with Crippen LogP contribution in [0.1, 0.15) is 42.4 Å². The number of pyridine rings is 1. The van der Waals surface area contributed by atoms with Gasteiger partial charge in [0.25, 0.3) is 5.56 Å². The van der Waals surface area contributed by atoms with Crippen LogP contribution in [0.4, 0.5) is 0 Å². The van der Waals surface area contributed by atoms with E-state index in [9.17, 15) is 13.2 Å². The minimum atomic E-state index is -3.56. The van der Waals surface area contributed by atoms with Gasteiger partial charge in [-0.1, -0.05) is 36.6 Å². The first-order valence-corrected chi connectivity index (χ1v) is 10.6. The molecule has 0 saturated carbocycles. The van der Waals surface area contributed by atoms with E-state index in [1.807, 2.05) is 32.0 Å². The normalized spacial score (nSPS) is 16.4. The lowest BCUT2D eigenvalue weighted by molar-refractivity contribution is 0.423. The second-order valence-electron chi connectivity index (χ2n) is 7.08. The van der Waals surface area contributed by atoms with Gasteiger partial charge in [-0.15, -0.1) is 0 Å². The first kappa shape index (κ1) is 18.9. The molecule has 140 valence electrons. The largest absolute Gasteiger partial charge is 0.310 e. The Bertz CT molecular complexity index is 940. The van der Waals surface area contributed by atoms with Crippen molar-refractivity contribution in [2.45, 2.75) is 51.0 Å². The standard InChI is InChI=1S/C20H26N2O3S/c1-16-7-8-17(2)18(13-16)14-21-15-19(9-10-20(21)23)26(24,25)22-11-5-3-4-6-12-22/h7-10,13,15H,3-6,11-12,14H2,1-2H3. The smallest absolute Gasteiger partial charge is 0.250 e. The molecule has 1 aromatic heterocycles. The number of hydrogen-bond acceptors (Lipinski definition) is 3. The van der Waals surface area contributed by atoms with Crippen molar-refractivity contribution in [3.63, 3.8) is 0 Å². The molecule has 1 aliphatic rings. The molecule has 3 rings (SSSR count). The highest BCUT2D eigenvalue weighted by atomic mass is 32.2. The summed E-state index contributed by atoms with van der Waals surface area (Å²) in [5.74, 6) is 0. The molecule has 0 unspecified atom stereocenters. The van der Waals surface area contributed by atoms with Crippen molar-refractivity contribution < 1.29 is 8.42 Å². The summed E-state index contributed by atoms with van der Waals surface area (Å²) in [7, 11) is -3.56. The van der Waals surface area contributed by atoms with Crippen molar-refractivity contribution >= 4 is 10.0 Å². The predicted octanol–water partition coefficient (Wildman–Crippen LogP) is 3.08. The lowest BCUT2D eigenvalue weighted by Gasteiger charge is -2.20. The zero-order valence-electron chi connectivity index (χ0n) is 15.4. The summed E-state index contributed by atoms with van der Waals surface area (Å²) in [4.78, 5) is 12.5. The molecular weight excluding hydrogens is 348 g/mol. The van der Waals surface area contributed by atoms with Crippen LogP contribution < -0.4 is 5.56 Å². The van der Waals surface area contributed by atoms with E-state index in [0.29, 0.717) is 19.6 Å². The van der Waals surface area contributed by atoms with Crippen molar-refractivity contribution in [2.24, 2.45) is 0 Å². The van der Waals surface area contributed by atoms with Gasteiger partial charge in [0.15, 0.2) is 0 Å². The average Bonchev–Trinajstić information content (AvgIpc) is 2.90. The Labute approximate surface area is 155 Å². The van der Waals surface area contributed by atoms with E-state index < -0.39 is 10.0 Å². The lowest BCUT2D eigenvalue weighted by atomic mass is 10.1. The molecule has 0 amide bonds. The van der Waals surface area contributed by atoms with E-state index in [0.717, 1.165) is 42.4 Å². The van der Waals surface area contributed by atoms with E-state index in [1.165, 1.54) is 22.9 Å². The molecule has 0 N–H and O–H groups in total. The second kappa shape index (κ2) is 7.76. The monoisotopic (exact) mass is 374 g/mol. The van der Waals surface area contributed by atoms with Crippen molar-refractivity contribution in [3.8, 4) is 0 Å². The Morgan fingerprint density at radius 2 is 1.65 bits per heavy atom. The van der Waals surface area contributed by atoms with E-state index >= 15 is 0 Å². The van der Waals surface area contributed by atoms with Gasteiger partial charge < -0.3 is 4.57 Å². The molecule has 0 aliphatic carbocycles. The van der Waals surface area contributed by atoms with Gasteiger partial charge >= 0.3 is 0 Å². The third-order valence-corrected chi connectivity index (χ3v) is 6.89. The minimum absolute atomic E-state index is 0.194. The average molecular weight is 375 g/mol. The van der Waals surface area contributed by atoms with Crippen molar-refractivity contribution in [3.05, 3.63) is 63.6 Å². The summed E-state index contributed by atoms with van der Waals surface area (Å²) in [6.07, 6.45) is 5.41. The highest BCUT2D eigenvalue weighted by molar-refractivity contribution is 7.89. The van der Waals surface area contributed by atoms with E-state index in [4.69, 9.17) is 0 Å². The minimum Gasteiger partial charge on any atom is -0.310 e. The topological polar surface area (TPSA) is 59.4 Å². The summed E-state index contributed by atoms with van der Waals surface area (Å²) in [6, 6.07) is 8.88. The van der Waals surface area contributed by atoms with Gasteiger partial charge in [-0.05, 0) is 43.9 Å². The van der Waals surface area contributed by atoms with Crippen molar-refractivity contribution in [2.75, 3.05) is 13.1 Å². The summed E-state index contributed by atoms with van der Waals surface area (Å²) >= 11 is 0. The maximum Gasteiger partial charge on any atom is 0.250 e. The second-order valence-corrected chi connectivity index (χ2v) is 9.02. The van der Waals surface area contributed by atoms with Gasteiger partial charge in [-0.25, -0.2) is 8.42 Å². The molecule has 5 nitrogen and oxygen atoms in total. The maximum atomic E-state index is 13.0. The molecule has 6 heteroatoms. The Balaban J connectivity index is 1.94. The summed E-state index contributed by atoms with van der Waals surface area (Å²) in [5, 5.41) is 0. The van der Waals surface area contributed by atoms with E-state index in [-0.39, 0.29) is 10.5 Å². The van der Waals surface area contributed by atoms with Crippen molar-refractivity contribution in [1.82, 2.24) is 8.87 Å². The van der Waals surface area contributed by atoms with Crippen LogP contribution in [-0.2, 0) is 16.6 Å². The highest BCUT2D eigenvalue weighted by Crippen LogP contribution is 2.20. The number of benzene rings is 1. The Morgan fingerprint density at radius 1 is 0.962 bits per heavy atom. The SMILES string of the molecule is Cc1ccc(C)c(Cn2cc(S(=O)(=O)N3CCCCCC3)ccc2=O)c1. The molecule has 0 radical (unpaired) electrons. The zero-order valence-corrected chi connectivity index (χ0v) is 16.3.